The zero-order chi connectivity index (χ0) is 30.7. The molecule has 220 valence electrons. The van der Waals surface area contributed by atoms with E-state index in [9.17, 15) is 0 Å². The van der Waals surface area contributed by atoms with Gasteiger partial charge in [0, 0.05) is 16.8 Å². The summed E-state index contributed by atoms with van der Waals surface area (Å²) in [6.07, 6.45) is 0. The van der Waals surface area contributed by atoms with Gasteiger partial charge in [-0.2, -0.15) is 0 Å². The van der Waals surface area contributed by atoms with Crippen LogP contribution in [0.15, 0.2) is 109 Å². The van der Waals surface area contributed by atoms with Crippen LogP contribution in [0.2, 0.25) is 0 Å². The number of hydrogen-bond acceptors (Lipinski definition) is 2. The van der Waals surface area contributed by atoms with Gasteiger partial charge in [-0.15, -0.1) is 0 Å². The van der Waals surface area contributed by atoms with Gasteiger partial charge in [-0.1, -0.05) is 118 Å². The van der Waals surface area contributed by atoms with Gasteiger partial charge in [0.25, 0.3) is 0 Å². The largest absolute Gasteiger partial charge is 0.496 e. The van der Waals surface area contributed by atoms with E-state index >= 15 is 0 Å². The van der Waals surface area contributed by atoms with Crippen molar-refractivity contribution in [1.82, 2.24) is 0 Å². The molecule has 0 bridgehead atoms. The van der Waals surface area contributed by atoms with Gasteiger partial charge in [0.15, 0.2) is 0 Å². The fraction of sp³-hybridized carbons (Fsp3) is 0.250. The first-order chi connectivity index (χ1) is 20.7. The van der Waals surface area contributed by atoms with E-state index < -0.39 is 7.92 Å². The van der Waals surface area contributed by atoms with Gasteiger partial charge in [-0.3, -0.25) is 0 Å². The molecule has 43 heavy (non-hydrogen) atoms. The summed E-state index contributed by atoms with van der Waals surface area (Å²) in [5.74, 6) is 1.93. The van der Waals surface area contributed by atoms with Crippen molar-refractivity contribution in [3.8, 4) is 22.6 Å². The Kier molecular flexibility index (Phi) is 9.09. The van der Waals surface area contributed by atoms with Crippen molar-refractivity contribution < 1.29 is 9.47 Å². The zero-order valence-corrected chi connectivity index (χ0v) is 27.6. The smallest absolute Gasteiger partial charge is 0.127 e. The maximum Gasteiger partial charge on any atom is 0.127 e. The second-order valence-electron chi connectivity index (χ2n) is 12.3. The van der Waals surface area contributed by atoms with Crippen LogP contribution >= 0.6 is 7.92 Å². The zero-order valence-electron chi connectivity index (χ0n) is 26.7. The summed E-state index contributed by atoms with van der Waals surface area (Å²) in [4.78, 5) is 0. The average molecular weight is 587 g/mol. The van der Waals surface area contributed by atoms with Gasteiger partial charge in [-0.25, -0.2) is 0 Å². The van der Waals surface area contributed by atoms with E-state index in [1.54, 1.807) is 14.2 Å². The highest BCUT2D eigenvalue weighted by atomic mass is 31.1. The summed E-state index contributed by atoms with van der Waals surface area (Å²) >= 11 is 0. The molecule has 5 rings (SSSR count). The van der Waals surface area contributed by atoms with Gasteiger partial charge in [0.1, 0.15) is 11.5 Å². The first-order valence-electron chi connectivity index (χ1n) is 15.0. The Bertz CT molecular complexity index is 1640. The van der Waals surface area contributed by atoms with Crippen LogP contribution in [0.1, 0.15) is 60.1 Å². The van der Waals surface area contributed by atoms with E-state index in [1.165, 1.54) is 49.6 Å². The van der Waals surface area contributed by atoms with E-state index in [0.29, 0.717) is 0 Å². The van der Waals surface area contributed by atoms with Gasteiger partial charge in [0.05, 0.1) is 14.2 Å². The number of rotatable bonds is 8. The highest BCUT2D eigenvalue weighted by Gasteiger charge is 2.35. The van der Waals surface area contributed by atoms with E-state index in [0.717, 1.165) is 17.1 Å². The third-order valence-electron chi connectivity index (χ3n) is 8.20. The second-order valence-corrected chi connectivity index (χ2v) is 15.2. The molecule has 0 saturated carbocycles. The lowest BCUT2D eigenvalue weighted by Crippen LogP contribution is -2.30. The Morgan fingerprint density at radius 2 is 1.02 bits per heavy atom. The predicted octanol–water partition coefficient (Wildman–Crippen LogP) is 9.71. The molecule has 5 aromatic rings. The minimum absolute atomic E-state index is 0.0245. The Balaban J connectivity index is 1.80. The van der Waals surface area contributed by atoms with Crippen molar-refractivity contribution in [2.45, 2.75) is 52.6 Å². The third-order valence-corrected chi connectivity index (χ3v) is 11.4. The summed E-state index contributed by atoms with van der Waals surface area (Å²) in [7, 11) is 2.74. The van der Waals surface area contributed by atoms with Crippen LogP contribution < -0.4 is 20.1 Å². The maximum atomic E-state index is 6.16. The Morgan fingerprint density at radius 1 is 0.535 bits per heavy atom. The van der Waals surface area contributed by atoms with Crippen molar-refractivity contribution in [1.29, 1.82) is 0 Å². The number of methoxy groups -OCH3 is 2. The van der Waals surface area contributed by atoms with Gasteiger partial charge in [0.2, 0.25) is 0 Å². The summed E-state index contributed by atoms with van der Waals surface area (Å²) < 4.78 is 12.3. The number of ether oxygens (including phenoxy) is 2. The highest BCUT2D eigenvalue weighted by Crippen LogP contribution is 2.54. The molecule has 0 amide bonds. The van der Waals surface area contributed by atoms with Crippen LogP contribution in [0.25, 0.3) is 11.1 Å². The molecule has 0 saturated heterocycles. The molecule has 1 unspecified atom stereocenters. The standard InChI is InChI=1S/C40H43O2P/c1-27-17-15-16-22-35(27)43(40(4,5)6)39-34(42-8)24-23-33(41-7)38(39)36-28(2)25-32(26-29(36)3)37(30-18-11-9-12-19-30)31-20-13-10-14-21-31/h9-26,37H,1-8H3. The molecule has 2 nitrogen and oxygen atoms in total. The monoisotopic (exact) mass is 586 g/mol. The lowest BCUT2D eigenvalue weighted by molar-refractivity contribution is 0.407. The first kappa shape index (κ1) is 30.6. The molecule has 0 aliphatic rings. The lowest BCUT2D eigenvalue weighted by atomic mass is 9.82. The van der Waals surface area contributed by atoms with Crippen LogP contribution in [-0.2, 0) is 0 Å². The molecular weight excluding hydrogens is 543 g/mol. The van der Waals surface area contributed by atoms with Crippen LogP contribution in [0.4, 0.5) is 0 Å². The minimum Gasteiger partial charge on any atom is -0.496 e. The first-order valence-corrected chi connectivity index (χ1v) is 16.3. The van der Waals surface area contributed by atoms with Crippen molar-refractivity contribution in [2.75, 3.05) is 14.2 Å². The minimum atomic E-state index is -0.828. The van der Waals surface area contributed by atoms with Crippen molar-refractivity contribution in [3.63, 3.8) is 0 Å². The van der Waals surface area contributed by atoms with Crippen LogP contribution in [0.5, 0.6) is 11.5 Å². The molecule has 0 spiro atoms. The maximum absolute atomic E-state index is 6.16. The molecule has 0 aromatic heterocycles. The molecule has 5 aromatic carbocycles. The van der Waals surface area contributed by atoms with Crippen molar-refractivity contribution >= 4 is 18.5 Å². The van der Waals surface area contributed by atoms with Crippen molar-refractivity contribution in [2.24, 2.45) is 0 Å². The van der Waals surface area contributed by atoms with Crippen LogP contribution in [-0.4, -0.2) is 19.4 Å². The number of aryl methyl sites for hydroxylation is 3. The van der Waals surface area contributed by atoms with Gasteiger partial charge in [-0.05, 0) is 90.2 Å². The Labute approximate surface area is 259 Å². The van der Waals surface area contributed by atoms with E-state index in [4.69, 9.17) is 9.47 Å². The van der Waals surface area contributed by atoms with Crippen LogP contribution in [0, 0.1) is 20.8 Å². The molecule has 0 radical (unpaired) electrons. The second kappa shape index (κ2) is 12.8. The van der Waals surface area contributed by atoms with E-state index in [-0.39, 0.29) is 11.1 Å². The fourth-order valence-electron chi connectivity index (χ4n) is 6.41. The molecule has 0 aliphatic heterocycles. The third kappa shape index (κ3) is 6.13. The SMILES string of the molecule is COc1ccc(OC)c(P(c2ccccc2C)C(C)(C)C)c1-c1c(C)cc(C(c2ccccc2)c2ccccc2)cc1C. The predicted molar refractivity (Wildman–Crippen MR) is 185 cm³/mol. The molecule has 0 N–H and O–H groups in total. The van der Waals surface area contributed by atoms with E-state index in [1.807, 2.05) is 0 Å². The van der Waals surface area contributed by atoms with Crippen molar-refractivity contribution in [3.05, 3.63) is 143 Å². The summed E-state index contributed by atoms with van der Waals surface area (Å²) in [5, 5.41) is 2.58. The normalized spacial score (nSPS) is 12.3. The topological polar surface area (TPSA) is 18.5 Å². The molecule has 0 aliphatic carbocycles. The Morgan fingerprint density at radius 3 is 1.51 bits per heavy atom. The molecular formula is C40H43O2P. The lowest BCUT2D eigenvalue weighted by Gasteiger charge is -2.36. The van der Waals surface area contributed by atoms with Gasteiger partial charge < -0.3 is 9.47 Å². The summed E-state index contributed by atoms with van der Waals surface area (Å²) in [6.45, 7) is 13.8. The quantitative estimate of drug-likeness (QED) is 0.133. The molecule has 3 heteroatoms. The Hall–Kier alpha value is -3.87. The highest BCUT2D eigenvalue weighted by molar-refractivity contribution is 7.75. The molecule has 0 heterocycles. The average Bonchev–Trinajstić information content (AvgIpc) is 2.99. The van der Waals surface area contributed by atoms with Gasteiger partial charge >= 0.3 is 0 Å². The van der Waals surface area contributed by atoms with Crippen LogP contribution in [0.3, 0.4) is 0 Å². The number of benzene rings is 5. The number of hydrogen-bond donors (Lipinski definition) is 0. The summed E-state index contributed by atoms with van der Waals surface area (Å²) in [6, 6.07) is 39.3. The molecule has 0 fully saturated rings. The van der Waals surface area contributed by atoms with E-state index in [2.05, 4.69) is 151 Å². The molecule has 1 atom stereocenters. The fourth-order valence-corrected chi connectivity index (χ4v) is 9.54. The summed E-state index contributed by atoms with van der Waals surface area (Å²) in [5.41, 5.74) is 9.99.